The van der Waals surface area contributed by atoms with E-state index < -0.39 is 9.84 Å². The maximum Gasteiger partial charge on any atom is 0.229 e. The van der Waals surface area contributed by atoms with Crippen LogP contribution >= 0.6 is 11.3 Å². The number of hydrogen-bond acceptors (Lipinski definition) is 6. The Labute approximate surface area is 191 Å². The van der Waals surface area contributed by atoms with Gasteiger partial charge in [0, 0.05) is 6.07 Å². The Hall–Kier alpha value is -3.04. The standard InChI is InChI=1S/C23H24N4O3S2/c1-5-32(29,30)18-8-6-17(7-9-18)13-22(28)25-21-12-16(4)26-27(21)23-24-19-10-14(2)15(3)11-20(19)31-23/h6-12H,5,13H2,1-4H3,(H,25,28). The van der Waals surface area contributed by atoms with E-state index in [-0.39, 0.29) is 23.0 Å². The fraction of sp³-hybridized carbons (Fsp3) is 0.261. The molecule has 1 amide bonds. The molecule has 4 aromatic rings. The van der Waals surface area contributed by atoms with Gasteiger partial charge in [-0.15, -0.1) is 0 Å². The Morgan fingerprint density at radius 2 is 1.75 bits per heavy atom. The van der Waals surface area contributed by atoms with Gasteiger partial charge < -0.3 is 5.32 Å². The zero-order valence-electron chi connectivity index (χ0n) is 18.3. The number of benzene rings is 2. The topological polar surface area (TPSA) is 94.0 Å². The first-order valence-electron chi connectivity index (χ1n) is 10.2. The molecule has 0 saturated heterocycles. The lowest BCUT2D eigenvalue weighted by molar-refractivity contribution is -0.115. The lowest BCUT2D eigenvalue weighted by Gasteiger charge is -2.07. The van der Waals surface area contributed by atoms with Gasteiger partial charge in [0.2, 0.25) is 11.0 Å². The van der Waals surface area contributed by atoms with Crippen molar-refractivity contribution in [2.45, 2.75) is 39.0 Å². The maximum atomic E-state index is 12.7. The molecule has 2 heterocycles. The van der Waals surface area contributed by atoms with Crippen LogP contribution < -0.4 is 5.32 Å². The van der Waals surface area contributed by atoms with Gasteiger partial charge in [-0.25, -0.2) is 13.4 Å². The summed E-state index contributed by atoms with van der Waals surface area (Å²) in [5, 5.41) is 8.11. The monoisotopic (exact) mass is 468 g/mol. The average molecular weight is 469 g/mol. The number of carbonyl (C=O) groups excluding carboxylic acids is 1. The molecule has 4 rings (SSSR count). The molecule has 0 radical (unpaired) electrons. The fourth-order valence-corrected chi connectivity index (χ4v) is 5.24. The second-order valence-corrected chi connectivity index (χ2v) is 11.0. The van der Waals surface area contributed by atoms with E-state index in [1.165, 1.54) is 22.5 Å². The third kappa shape index (κ3) is 4.44. The predicted molar refractivity (Wildman–Crippen MR) is 127 cm³/mol. The fourth-order valence-electron chi connectivity index (χ4n) is 3.35. The molecule has 32 heavy (non-hydrogen) atoms. The Balaban J connectivity index is 1.55. The van der Waals surface area contributed by atoms with Crippen molar-refractivity contribution >= 4 is 43.1 Å². The highest BCUT2D eigenvalue weighted by Crippen LogP contribution is 2.29. The molecule has 1 N–H and O–H groups in total. The van der Waals surface area contributed by atoms with Gasteiger partial charge in [0.15, 0.2) is 9.84 Å². The lowest BCUT2D eigenvalue weighted by Crippen LogP contribution is -2.17. The van der Waals surface area contributed by atoms with E-state index in [0.29, 0.717) is 10.9 Å². The van der Waals surface area contributed by atoms with Gasteiger partial charge in [0.1, 0.15) is 5.82 Å². The first-order valence-corrected chi connectivity index (χ1v) is 12.7. The van der Waals surface area contributed by atoms with E-state index in [0.717, 1.165) is 21.5 Å². The van der Waals surface area contributed by atoms with Crippen LogP contribution in [0.15, 0.2) is 47.4 Å². The van der Waals surface area contributed by atoms with Crippen molar-refractivity contribution in [3.63, 3.8) is 0 Å². The van der Waals surface area contributed by atoms with Crippen LogP contribution in [0.3, 0.4) is 0 Å². The number of thiazole rings is 1. The molecule has 7 nitrogen and oxygen atoms in total. The van der Waals surface area contributed by atoms with Crippen molar-refractivity contribution in [2.24, 2.45) is 0 Å². The van der Waals surface area contributed by atoms with Crippen molar-refractivity contribution < 1.29 is 13.2 Å². The third-order valence-electron chi connectivity index (χ3n) is 5.30. The minimum Gasteiger partial charge on any atom is -0.310 e. The summed E-state index contributed by atoms with van der Waals surface area (Å²) in [6, 6.07) is 12.4. The Kier molecular flexibility index (Phi) is 5.87. The number of hydrogen-bond donors (Lipinski definition) is 1. The first-order chi connectivity index (χ1) is 15.2. The number of fused-ring (bicyclic) bond motifs is 1. The summed E-state index contributed by atoms with van der Waals surface area (Å²) in [4.78, 5) is 17.7. The number of aromatic nitrogens is 3. The lowest BCUT2D eigenvalue weighted by atomic mass is 10.1. The van der Waals surface area contributed by atoms with E-state index in [2.05, 4.69) is 36.4 Å². The van der Waals surface area contributed by atoms with Gasteiger partial charge in [-0.3, -0.25) is 4.79 Å². The van der Waals surface area contributed by atoms with E-state index in [4.69, 9.17) is 4.98 Å². The molecule has 0 bridgehead atoms. The maximum absolute atomic E-state index is 12.7. The van der Waals surface area contributed by atoms with E-state index in [1.54, 1.807) is 41.9 Å². The highest BCUT2D eigenvalue weighted by molar-refractivity contribution is 7.91. The van der Waals surface area contributed by atoms with Crippen LogP contribution in [0.1, 0.15) is 29.3 Å². The van der Waals surface area contributed by atoms with Gasteiger partial charge in [-0.1, -0.05) is 30.4 Å². The van der Waals surface area contributed by atoms with Gasteiger partial charge >= 0.3 is 0 Å². The summed E-state index contributed by atoms with van der Waals surface area (Å²) in [6.07, 6.45) is 0.120. The summed E-state index contributed by atoms with van der Waals surface area (Å²) < 4.78 is 26.6. The van der Waals surface area contributed by atoms with Crippen LogP contribution in [0.25, 0.3) is 15.3 Å². The summed E-state index contributed by atoms with van der Waals surface area (Å²) in [5.74, 6) is 0.372. The van der Waals surface area contributed by atoms with Crippen molar-refractivity contribution in [2.75, 3.05) is 11.1 Å². The first kappa shape index (κ1) is 22.2. The molecule has 0 aliphatic rings. The van der Waals surface area contributed by atoms with Crippen LogP contribution in [0.5, 0.6) is 0 Å². The predicted octanol–water partition coefficient (Wildman–Crippen LogP) is 4.38. The Bertz CT molecular complexity index is 1380. The number of sulfone groups is 1. The molecule has 9 heteroatoms. The minimum absolute atomic E-state index is 0.0427. The Morgan fingerprint density at radius 3 is 2.44 bits per heavy atom. The quantitative estimate of drug-likeness (QED) is 0.453. The van der Waals surface area contributed by atoms with Crippen LogP contribution in [-0.4, -0.2) is 34.8 Å². The Morgan fingerprint density at radius 1 is 1.06 bits per heavy atom. The highest BCUT2D eigenvalue weighted by atomic mass is 32.2. The van der Waals surface area contributed by atoms with Crippen LogP contribution in [-0.2, 0) is 21.1 Å². The molecule has 0 fully saturated rings. The summed E-state index contributed by atoms with van der Waals surface area (Å²) >= 11 is 1.52. The number of carbonyl (C=O) groups is 1. The van der Waals surface area contributed by atoms with Crippen molar-refractivity contribution in [3.05, 3.63) is 64.8 Å². The van der Waals surface area contributed by atoms with E-state index in [1.807, 2.05) is 6.92 Å². The molecule has 2 aromatic carbocycles. The van der Waals surface area contributed by atoms with Gasteiger partial charge in [0.25, 0.3) is 0 Å². The normalized spacial score (nSPS) is 11.8. The second kappa shape index (κ2) is 8.48. The summed E-state index contributed by atoms with van der Waals surface area (Å²) in [6.45, 7) is 7.60. The summed E-state index contributed by atoms with van der Waals surface area (Å²) in [5.41, 5.74) is 4.78. The molecule has 166 valence electrons. The largest absolute Gasteiger partial charge is 0.310 e. The average Bonchev–Trinajstić information content (AvgIpc) is 3.31. The van der Waals surface area contributed by atoms with Crippen molar-refractivity contribution in [1.29, 1.82) is 0 Å². The van der Waals surface area contributed by atoms with Gasteiger partial charge in [-0.2, -0.15) is 9.78 Å². The van der Waals surface area contributed by atoms with Crippen LogP contribution in [0.2, 0.25) is 0 Å². The van der Waals surface area contributed by atoms with Crippen molar-refractivity contribution in [1.82, 2.24) is 14.8 Å². The summed E-state index contributed by atoms with van der Waals surface area (Å²) in [7, 11) is -3.26. The van der Waals surface area contributed by atoms with E-state index >= 15 is 0 Å². The number of nitrogens with zero attached hydrogens (tertiary/aromatic N) is 3. The molecule has 2 aromatic heterocycles. The molecule has 0 aliphatic carbocycles. The van der Waals surface area contributed by atoms with Crippen molar-refractivity contribution in [3.8, 4) is 5.13 Å². The van der Waals surface area contributed by atoms with Gasteiger partial charge in [0.05, 0.1) is 33.0 Å². The number of nitrogens with one attached hydrogen (secondary N) is 1. The molecular weight excluding hydrogens is 444 g/mol. The SMILES string of the molecule is CCS(=O)(=O)c1ccc(CC(=O)Nc2cc(C)nn2-c2nc3cc(C)c(C)cc3s2)cc1. The smallest absolute Gasteiger partial charge is 0.229 e. The number of amides is 1. The second-order valence-electron chi connectivity index (χ2n) is 7.76. The molecule has 0 atom stereocenters. The van der Waals surface area contributed by atoms with Crippen LogP contribution in [0, 0.1) is 20.8 Å². The van der Waals surface area contributed by atoms with Crippen LogP contribution in [0.4, 0.5) is 5.82 Å². The number of rotatable bonds is 6. The zero-order valence-corrected chi connectivity index (χ0v) is 20.0. The highest BCUT2D eigenvalue weighted by Gasteiger charge is 2.16. The van der Waals surface area contributed by atoms with Gasteiger partial charge in [-0.05, 0) is 61.7 Å². The number of aryl methyl sites for hydroxylation is 3. The molecule has 0 spiro atoms. The third-order valence-corrected chi connectivity index (χ3v) is 8.04. The van der Waals surface area contributed by atoms with E-state index in [9.17, 15) is 13.2 Å². The molecule has 0 unspecified atom stereocenters. The molecule has 0 saturated carbocycles. The molecular formula is C23H24N4O3S2. The zero-order chi connectivity index (χ0) is 23.0. The number of anilines is 1. The minimum atomic E-state index is -3.26. The molecule has 0 aliphatic heterocycles.